The molecule has 1 N–H and O–H groups in total. The van der Waals surface area contributed by atoms with Crippen LogP contribution in [0.2, 0.25) is 0 Å². The highest BCUT2D eigenvalue weighted by atomic mass is 16.5. The van der Waals surface area contributed by atoms with Gasteiger partial charge in [0.25, 0.3) is 0 Å². The fraction of sp³-hybridized carbons (Fsp3) is 0.188. The van der Waals surface area contributed by atoms with E-state index in [2.05, 4.69) is 4.98 Å². The standard InChI is InChI=1S/C16H17NO2/c1-4-6-11(5-2)14-10-16(18)13-8-7-12(19-3)9-15(13)17-14/h4-10H,1-3H3,(H,17,18)/b6-4-,11-5+. The van der Waals surface area contributed by atoms with Crippen LogP contribution in [0.5, 0.6) is 5.75 Å². The van der Waals surface area contributed by atoms with Gasteiger partial charge in [-0.1, -0.05) is 18.2 Å². The zero-order valence-electron chi connectivity index (χ0n) is 11.4. The Labute approximate surface area is 112 Å². The van der Waals surface area contributed by atoms with E-state index in [9.17, 15) is 4.79 Å². The summed E-state index contributed by atoms with van der Waals surface area (Å²) in [6.45, 7) is 3.90. The minimum Gasteiger partial charge on any atom is -0.497 e. The van der Waals surface area contributed by atoms with Crippen LogP contribution in [0.4, 0.5) is 0 Å². The molecule has 0 radical (unpaired) electrons. The van der Waals surface area contributed by atoms with Crippen molar-refractivity contribution in [1.82, 2.24) is 4.98 Å². The van der Waals surface area contributed by atoms with Crippen LogP contribution in [0, 0.1) is 0 Å². The number of fused-ring (bicyclic) bond motifs is 1. The maximum Gasteiger partial charge on any atom is 0.190 e. The van der Waals surface area contributed by atoms with Gasteiger partial charge in [0.1, 0.15) is 5.75 Å². The highest BCUT2D eigenvalue weighted by molar-refractivity contribution is 5.83. The second kappa shape index (κ2) is 5.57. The molecule has 0 aliphatic heterocycles. The number of allylic oxidation sites excluding steroid dienone is 4. The van der Waals surface area contributed by atoms with Crippen LogP contribution in [0.25, 0.3) is 16.5 Å². The minimum absolute atomic E-state index is 0.00950. The van der Waals surface area contributed by atoms with Crippen molar-refractivity contribution in [2.45, 2.75) is 13.8 Å². The van der Waals surface area contributed by atoms with Crippen LogP contribution in [-0.2, 0) is 0 Å². The van der Waals surface area contributed by atoms with Gasteiger partial charge in [-0.05, 0) is 31.6 Å². The first kappa shape index (κ1) is 13.1. The number of aromatic nitrogens is 1. The third-order valence-corrected chi connectivity index (χ3v) is 3.01. The molecule has 0 atom stereocenters. The number of rotatable bonds is 3. The summed E-state index contributed by atoms with van der Waals surface area (Å²) in [7, 11) is 1.61. The number of pyridine rings is 1. The molecule has 0 aliphatic rings. The topological polar surface area (TPSA) is 42.1 Å². The number of methoxy groups -OCH3 is 1. The second-order valence-corrected chi connectivity index (χ2v) is 4.20. The Bertz CT molecular complexity index is 708. The van der Waals surface area contributed by atoms with Crippen LogP contribution in [-0.4, -0.2) is 12.1 Å². The van der Waals surface area contributed by atoms with E-state index in [1.54, 1.807) is 25.3 Å². The molecule has 19 heavy (non-hydrogen) atoms. The smallest absolute Gasteiger partial charge is 0.190 e. The van der Waals surface area contributed by atoms with Gasteiger partial charge in [-0.15, -0.1) is 0 Å². The van der Waals surface area contributed by atoms with Gasteiger partial charge in [0.15, 0.2) is 5.43 Å². The highest BCUT2D eigenvalue weighted by Gasteiger charge is 2.05. The second-order valence-electron chi connectivity index (χ2n) is 4.20. The van der Waals surface area contributed by atoms with Gasteiger partial charge in [-0.2, -0.15) is 0 Å². The Morgan fingerprint density at radius 3 is 2.68 bits per heavy atom. The Kier molecular flexibility index (Phi) is 3.85. The molecule has 3 nitrogen and oxygen atoms in total. The van der Waals surface area contributed by atoms with E-state index < -0.39 is 0 Å². The van der Waals surface area contributed by atoms with Crippen LogP contribution >= 0.6 is 0 Å². The largest absolute Gasteiger partial charge is 0.497 e. The molecule has 2 rings (SSSR count). The first-order valence-corrected chi connectivity index (χ1v) is 6.20. The molecule has 0 unspecified atom stereocenters. The lowest BCUT2D eigenvalue weighted by Gasteiger charge is -2.06. The Hall–Kier alpha value is -2.29. The molecule has 0 fully saturated rings. The SMILES string of the molecule is C/C=C\C(=C/C)c1cc(=O)c2ccc(OC)cc2[nH]1. The lowest BCUT2D eigenvalue weighted by molar-refractivity contribution is 0.415. The zero-order valence-corrected chi connectivity index (χ0v) is 11.4. The third kappa shape index (κ3) is 2.60. The molecule has 1 aromatic carbocycles. The predicted molar refractivity (Wildman–Crippen MR) is 79.6 cm³/mol. The monoisotopic (exact) mass is 255 g/mol. The van der Waals surface area contributed by atoms with Crippen LogP contribution < -0.4 is 10.2 Å². The molecular weight excluding hydrogens is 238 g/mol. The van der Waals surface area contributed by atoms with Crippen molar-refractivity contribution >= 4 is 16.5 Å². The highest BCUT2D eigenvalue weighted by Crippen LogP contribution is 2.19. The molecule has 1 aromatic heterocycles. The summed E-state index contributed by atoms with van der Waals surface area (Å²) in [4.78, 5) is 15.4. The lowest BCUT2D eigenvalue weighted by Crippen LogP contribution is -2.04. The predicted octanol–water partition coefficient (Wildman–Crippen LogP) is 3.52. The zero-order chi connectivity index (χ0) is 13.8. The molecule has 0 amide bonds. The molecular formula is C16H17NO2. The molecule has 0 spiro atoms. The molecule has 1 heterocycles. The average molecular weight is 255 g/mol. The van der Waals surface area contributed by atoms with Gasteiger partial charge in [0.2, 0.25) is 0 Å². The number of aromatic amines is 1. The summed E-state index contributed by atoms with van der Waals surface area (Å²) in [5.74, 6) is 0.730. The van der Waals surface area contributed by atoms with Crippen molar-refractivity contribution in [3.63, 3.8) is 0 Å². The molecule has 0 bridgehead atoms. The fourth-order valence-corrected chi connectivity index (χ4v) is 2.04. The van der Waals surface area contributed by atoms with Crippen LogP contribution in [0.1, 0.15) is 19.5 Å². The number of H-pyrrole nitrogens is 1. The van der Waals surface area contributed by atoms with Crippen LogP contribution in [0.15, 0.2) is 47.3 Å². The van der Waals surface area contributed by atoms with E-state index in [4.69, 9.17) is 4.74 Å². The minimum atomic E-state index is 0.00950. The van der Waals surface area contributed by atoms with Crippen molar-refractivity contribution in [1.29, 1.82) is 0 Å². The van der Waals surface area contributed by atoms with Crippen molar-refractivity contribution in [3.8, 4) is 5.75 Å². The summed E-state index contributed by atoms with van der Waals surface area (Å²) < 4.78 is 5.19. The van der Waals surface area contributed by atoms with Gasteiger partial charge >= 0.3 is 0 Å². The third-order valence-electron chi connectivity index (χ3n) is 3.01. The van der Waals surface area contributed by atoms with Crippen molar-refractivity contribution in [2.24, 2.45) is 0 Å². The summed E-state index contributed by atoms with van der Waals surface area (Å²) in [6, 6.07) is 7.04. The summed E-state index contributed by atoms with van der Waals surface area (Å²) in [6.07, 6.45) is 5.89. The Morgan fingerprint density at radius 1 is 1.26 bits per heavy atom. The molecule has 0 saturated heterocycles. The summed E-state index contributed by atoms with van der Waals surface area (Å²) in [5, 5.41) is 0.667. The first-order chi connectivity index (χ1) is 9.19. The van der Waals surface area contributed by atoms with Gasteiger partial charge in [-0.3, -0.25) is 4.79 Å². The van der Waals surface area contributed by atoms with Crippen LogP contribution in [0.3, 0.4) is 0 Å². The molecule has 98 valence electrons. The first-order valence-electron chi connectivity index (χ1n) is 6.20. The van der Waals surface area contributed by atoms with Gasteiger partial charge in [-0.25, -0.2) is 0 Å². The van der Waals surface area contributed by atoms with E-state index in [1.165, 1.54) is 0 Å². The molecule has 0 aliphatic carbocycles. The van der Waals surface area contributed by atoms with Gasteiger partial charge in [0, 0.05) is 23.2 Å². The number of ether oxygens (including phenoxy) is 1. The summed E-state index contributed by atoms with van der Waals surface area (Å²) >= 11 is 0. The van der Waals surface area contributed by atoms with E-state index in [1.807, 2.05) is 38.1 Å². The van der Waals surface area contributed by atoms with E-state index in [0.717, 1.165) is 22.5 Å². The van der Waals surface area contributed by atoms with E-state index >= 15 is 0 Å². The molecule has 3 heteroatoms. The number of hydrogen-bond acceptors (Lipinski definition) is 2. The molecule has 0 saturated carbocycles. The molecule has 2 aromatic rings. The maximum absolute atomic E-state index is 12.1. The van der Waals surface area contributed by atoms with E-state index in [-0.39, 0.29) is 5.43 Å². The van der Waals surface area contributed by atoms with E-state index in [0.29, 0.717) is 5.39 Å². The van der Waals surface area contributed by atoms with Crippen molar-refractivity contribution in [3.05, 3.63) is 58.4 Å². The Balaban J connectivity index is 2.69. The maximum atomic E-state index is 12.1. The van der Waals surface area contributed by atoms with Gasteiger partial charge < -0.3 is 9.72 Å². The quantitative estimate of drug-likeness (QED) is 0.853. The van der Waals surface area contributed by atoms with Crippen molar-refractivity contribution < 1.29 is 4.74 Å². The average Bonchev–Trinajstić information content (AvgIpc) is 2.43. The van der Waals surface area contributed by atoms with Crippen molar-refractivity contribution in [2.75, 3.05) is 7.11 Å². The number of nitrogens with one attached hydrogen (secondary N) is 1. The summed E-state index contributed by atoms with van der Waals surface area (Å²) in [5.41, 5.74) is 2.59. The Morgan fingerprint density at radius 2 is 2.05 bits per heavy atom. The van der Waals surface area contributed by atoms with Gasteiger partial charge in [0.05, 0.1) is 12.6 Å². The normalized spacial score (nSPS) is 12.3. The number of hydrogen-bond donors (Lipinski definition) is 1. The lowest BCUT2D eigenvalue weighted by atomic mass is 10.1. The number of benzene rings is 1. The fourth-order valence-electron chi connectivity index (χ4n) is 2.04.